The van der Waals surface area contributed by atoms with Crippen LogP contribution in [-0.4, -0.2) is 22.3 Å². The smallest absolute Gasteiger partial charge is 0.257 e. The van der Waals surface area contributed by atoms with Crippen LogP contribution in [0.2, 0.25) is 0 Å². The zero-order valence-corrected chi connectivity index (χ0v) is 10.1. The number of carbonyl (C=O) groups is 1. The Balaban J connectivity index is 1.85. The van der Waals surface area contributed by atoms with Gasteiger partial charge in [-0.1, -0.05) is 0 Å². The SMILES string of the molecule is O=C(c1ccc(F)cc1F)N1CCc2[nH]ccc2C1. The van der Waals surface area contributed by atoms with Gasteiger partial charge in [0.25, 0.3) is 5.91 Å². The molecule has 0 saturated heterocycles. The monoisotopic (exact) mass is 262 g/mol. The van der Waals surface area contributed by atoms with Crippen molar-refractivity contribution in [1.29, 1.82) is 0 Å². The summed E-state index contributed by atoms with van der Waals surface area (Å²) in [6.07, 6.45) is 2.55. The van der Waals surface area contributed by atoms with Crippen molar-refractivity contribution in [3.8, 4) is 0 Å². The molecule has 1 aliphatic heterocycles. The molecule has 3 rings (SSSR count). The van der Waals surface area contributed by atoms with Gasteiger partial charge in [-0.3, -0.25) is 4.79 Å². The van der Waals surface area contributed by atoms with Gasteiger partial charge in [0, 0.05) is 37.5 Å². The fraction of sp³-hybridized carbons (Fsp3) is 0.214. The first-order chi connectivity index (χ1) is 9.15. The Morgan fingerprint density at radius 3 is 2.89 bits per heavy atom. The zero-order chi connectivity index (χ0) is 13.4. The highest BCUT2D eigenvalue weighted by atomic mass is 19.1. The van der Waals surface area contributed by atoms with Crippen molar-refractivity contribution in [2.24, 2.45) is 0 Å². The molecule has 0 aliphatic carbocycles. The van der Waals surface area contributed by atoms with Crippen LogP contribution in [0.1, 0.15) is 21.6 Å². The van der Waals surface area contributed by atoms with Gasteiger partial charge < -0.3 is 9.88 Å². The van der Waals surface area contributed by atoms with E-state index >= 15 is 0 Å². The average Bonchev–Trinajstić information content (AvgIpc) is 2.85. The van der Waals surface area contributed by atoms with Crippen molar-refractivity contribution < 1.29 is 13.6 Å². The number of rotatable bonds is 1. The Morgan fingerprint density at radius 1 is 1.26 bits per heavy atom. The molecule has 2 aromatic rings. The highest BCUT2D eigenvalue weighted by Crippen LogP contribution is 2.20. The lowest BCUT2D eigenvalue weighted by Gasteiger charge is -2.27. The number of aromatic nitrogens is 1. The molecule has 0 radical (unpaired) electrons. The minimum absolute atomic E-state index is 0.0830. The van der Waals surface area contributed by atoms with Gasteiger partial charge in [0.05, 0.1) is 5.56 Å². The second-order valence-corrected chi connectivity index (χ2v) is 4.58. The van der Waals surface area contributed by atoms with E-state index in [0.717, 1.165) is 29.8 Å². The van der Waals surface area contributed by atoms with Crippen LogP contribution in [0.25, 0.3) is 0 Å². The molecule has 98 valence electrons. The minimum Gasteiger partial charge on any atom is -0.365 e. The van der Waals surface area contributed by atoms with Crippen molar-refractivity contribution in [3.63, 3.8) is 0 Å². The van der Waals surface area contributed by atoms with Gasteiger partial charge in [0.2, 0.25) is 0 Å². The summed E-state index contributed by atoms with van der Waals surface area (Å²) in [6.45, 7) is 0.984. The molecule has 0 atom stereocenters. The van der Waals surface area contributed by atoms with Crippen molar-refractivity contribution in [1.82, 2.24) is 9.88 Å². The number of H-pyrrole nitrogens is 1. The van der Waals surface area contributed by atoms with Crippen molar-refractivity contribution in [2.45, 2.75) is 13.0 Å². The molecular formula is C14H12F2N2O. The largest absolute Gasteiger partial charge is 0.365 e. The summed E-state index contributed by atoms with van der Waals surface area (Å²) in [5, 5.41) is 0. The maximum Gasteiger partial charge on any atom is 0.257 e. The van der Waals surface area contributed by atoms with E-state index in [1.165, 1.54) is 6.07 Å². The van der Waals surface area contributed by atoms with E-state index in [9.17, 15) is 13.6 Å². The molecular weight excluding hydrogens is 250 g/mol. The van der Waals surface area contributed by atoms with Crippen LogP contribution in [0, 0.1) is 11.6 Å². The number of fused-ring (bicyclic) bond motifs is 1. The summed E-state index contributed by atoms with van der Waals surface area (Å²) in [5.74, 6) is -1.89. The van der Waals surface area contributed by atoms with Crippen LogP contribution in [0.3, 0.4) is 0 Å². The van der Waals surface area contributed by atoms with E-state index in [1.807, 2.05) is 12.3 Å². The molecule has 1 aromatic heterocycles. The summed E-state index contributed by atoms with van der Waals surface area (Å²) in [6, 6.07) is 4.94. The van der Waals surface area contributed by atoms with E-state index in [-0.39, 0.29) is 5.56 Å². The summed E-state index contributed by atoms with van der Waals surface area (Å²) in [5.41, 5.74) is 2.08. The predicted molar refractivity (Wildman–Crippen MR) is 65.6 cm³/mol. The van der Waals surface area contributed by atoms with Gasteiger partial charge in [-0.15, -0.1) is 0 Å². The van der Waals surface area contributed by atoms with E-state index in [4.69, 9.17) is 0 Å². The second kappa shape index (κ2) is 4.50. The van der Waals surface area contributed by atoms with Crippen molar-refractivity contribution in [3.05, 3.63) is 58.9 Å². The Bertz CT molecular complexity index is 636. The Labute approximate surface area is 108 Å². The Hall–Kier alpha value is -2.17. The van der Waals surface area contributed by atoms with Gasteiger partial charge >= 0.3 is 0 Å². The number of hydrogen-bond donors (Lipinski definition) is 1. The maximum absolute atomic E-state index is 13.6. The van der Waals surface area contributed by atoms with E-state index in [2.05, 4.69) is 4.98 Å². The van der Waals surface area contributed by atoms with Crippen LogP contribution in [0.15, 0.2) is 30.5 Å². The summed E-state index contributed by atoms with van der Waals surface area (Å²) < 4.78 is 26.4. The molecule has 1 aromatic carbocycles. The second-order valence-electron chi connectivity index (χ2n) is 4.58. The zero-order valence-electron chi connectivity index (χ0n) is 10.1. The number of halogens is 2. The molecule has 0 unspecified atom stereocenters. The van der Waals surface area contributed by atoms with Crippen LogP contribution in [0.4, 0.5) is 8.78 Å². The normalized spacial score (nSPS) is 14.3. The third kappa shape index (κ3) is 2.12. The quantitative estimate of drug-likeness (QED) is 0.842. The first kappa shape index (κ1) is 11.9. The molecule has 0 fully saturated rings. The van der Waals surface area contributed by atoms with Crippen LogP contribution in [-0.2, 0) is 13.0 Å². The summed E-state index contributed by atoms with van der Waals surface area (Å²) >= 11 is 0. The highest BCUT2D eigenvalue weighted by molar-refractivity contribution is 5.94. The molecule has 5 heteroatoms. The van der Waals surface area contributed by atoms with Gasteiger partial charge in [-0.05, 0) is 23.8 Å². The molecule has 0 bridgehead atoms. The number of benzene rings is 1. The third-order valence-corrected chi connectivity index (χ3v) is 3.37. The topological polar surface area (TPSA) is 36.1 Å². The van der Waals surface area contributed by atoms with Crippen LogP contribution >= 0.6 is 0 Å². The molecule has 3 nitrogen and oxygen atoms in total. The molecule has 2 heterocycles. The standard InChI is InChI=1S/C14H12F2N2O/c15-10-1-2-11(12(16)7-10)14(19)18-6-4-13-9(8-18)3-5-17-13/h1-3,5,7,17H,4,6,8H2. The lowest BCUT2D eigenvalue weighted by Crippen LogP contribution is -2.36. The molecule has 1 aliphatic rings. The Kier molecular flexibility index (Phi) is 2.81. The molecule has 19 heavy (non-hydrogen) atoms. The highest BCUT2D eigenvalue weighted by Gasteiger charge is 2.24. The lowest BCUT2D eigenvalue weighted by molar-refractivity contribution is 0.0729. The number of amides is 1. The van der Waals surface area contributed by atoms with E-state index in [1.54, 1.807) is 4.90 Å². The number of aromatic amines is 1. The molecule has 0 saturated carbocycles. The number of nitrogens with one attached hydrogen (secondary N) is 1. The minimum atomic E-state index is -0.815. The van der Waals surface area contributed by atoms with Gasteiger partial charge in [-0.25, -0.2) is 8.78 Å². The number of hydrogen-bond acceptors (Lipinski definition) is 1. The molecule has 1 N–H and O–H groups in total. The lowest BCUT2D eigenvalue weighted by atomic mass is 10.1. The fourth-order valence-corrected chi connectivity index (χ4v) is 2.36. The van der Waals surface area contributed by atoms with E-state index in [0.29, 0.717) is 13.1 Å². The molecule has 0 spiro atoms. The maximum atomic E-state index is 13.6. The molecule has 1 amide bonds. The first-order valence-corrected chi connectivity index (χ1v) is 6.04. The fourth-order valence-electron chi connectivity index (χ4n) is 2.36. The third-order valence-electron chi connectivity index (χ3n) is 3.37. The van der Waals surface area contributed by atoms with E-state index < -0.39 is 17.5 Å². The predicted octanol–water partition coefficient (Wildman–Crippen LogP) is 2.49. The Morgan fingerprint density at radius 2 is 2.11 bits per heavy atom. The first-order valence-electron chi connectivity index (χ1n) is 6.04. The summed E-state index contributed by atoms with van der Waals surface area (Å²) in [4.78, 5) is 16.9. The van der Waals surface area contributed by atoms with Crippen LogP contribution < -0.4 is 0 Å². The van der Waals surface area contributed by atoms with Gasteiger partial charge in [-0.2, -0.15) is 0 Å². The average molecular weight is 262 g/mol. The summed E-state index contributed by atoms with van der Waals surface area (Å²) in [7, 11) is 0. The van der Waals surface area contributed by atoms with Gasteiger partial charge in [0.1, 0.15) is 11.6 Å². The number of carbonyl (C=O) groups excluding carboxylic acids is 1. The number of nitrogens with zero attached hydrogens (tertiary/aromatic N) is 1. The van der Waals surface area contributed by atoms with Crippen molar-refractivity contribution in [2.75, 3.05) is 6.54 Å². The van der Waals surface area contributed by atoms with Gasteiger partial charge in [0.15, 0.2) is 0 Å². The van der Waals surface area contributed by atoms with Crippen LogP contribution in [0.5, 0.6) is 0 Å². The van der Waals surface area contributed by atoms with Crippen molar-refractivity contribution >= 4 is 5.91 Å².